The summed E-state index contributed by atoms with van der Waals surface area (Å²) in [6.07, 6.45) is -5.70. The van der Waals surface area contributed by atoms with Crippen LogP contribution in [0.4, 0.5) is 29.3 Å². The number of carbonyl (C=O) groups excluding carboxylic acids is 3. The van der Waals surface area contributed by atoms with Crippen molar-refractivity contribution in [3.05, 3.63) is 71.0 Å². The van der Waals surface area contributed by atoms with Crippen molar-refractivity contribution < 1.29 is 37.0 Å². The maximum Gasteiger partial charge on any atom is 0.420 e. The molecular weight excluding hydrogens is 551 g/mol. The fourth-order valence-corrected chi connectivity index (χ4v) is 4.10. The summed E-state index contributed by atoms with van der Waals surface area (Å²) in [6, 6.07) is 12.1. The van der Waals surface area contributed by atoms with Crippen LogP contribution in [0.5, 0.6) is 5.75 Å². The number of benzene rings is 2. The molecule has 0 aliphatic rings. The van der Waals surface area contributed by atoms with E-state index in [1.54, 1.807) is 39.0 Å². The van der Waals surface area contributed by atoms with E-state index in [2.05, 4.69) is 15.6 Å². The van der Waals surface area contributed by atoms with Crippen LogP contribution in [0.3, 0.4) is 0 Å². The van der Waals surface area contributed by atoms with Gasteiger partial charge in [0.05, 0.1) is 30.0 Å². The van der Waals surface area contributed by atoms with Gasteiger partial charge in [0.25, 0.3) is 0 Å². The van der Waals surface area contributed by atoms with Gasteiger partial charge in [0.15, 0.2) is 5.78 Å². The summed E-state index contributed by atoms with van der Waals surface area (Å²) >= 11 is 0. The van der Waals surface area contributed by atoms with E-state index in [-0.39, 0.29) is 23.5 Å². The Hall–Kier alpha value is -4.41. The van der Waals surface area contributed by atoms with E-state index in [4.69, 9.17) is 9.47 Å². The molecule has 0 aliphatic carbocycles. The highest BCUT2D eigenvalue weighted by molar-refractivity contribution is 6.12. The maximum atomic E-state index is 13.8. The molecule has 0 spiro atoms. The normalized spacial score (nSPS) is 11.5. The first-order valence-corrected chi connectivity index (χ1v) is 13.4. The number of anilines is 2. The van der Waals surface area contributed by atoms with Gasteiger partial charge in [0.2, 0.25) is 5.91 Å². The van der Waals surface area contributed by atoms with E-state index in [0.29, 0.717) is 6.07 Å². The summed E-state index contributed by atoms with van der Waals surface area (Å²) in [5.41, 5.74) is 0.978. The van der Waals surface area contributed by atoms with E-state index in [1.807, 2.05) is 32.0 Å². The predicted molar refractivity (Wildman–Crippen MR) is 154 cm³/mol. The number of ether oxygens (including phenoxy) is 2. The van der Waals surface area contributed by atoms with E-state index in [9.17, 15) is 27.6 Å². The van der Waals surface area contributed by atoms with Crippen molar-refractivity contribution in [1.29, 1.82) is 0 Å². The molecular formula is C31H34F3N3O5. The molecule has 2 aromatic carbocycles. The van der Waals surface area contributed by atoms with Crippen molar-refractivity contribution in [2.45, 2.75) is 66.2 Å². The van der Waals surface area contributed by atoms with Gasteiger partial charge in [-0.05, 0) is 76.4 Å². The lowest BCUT2D eigenvalue weighted by Gasteiger charge is -2.22. The lowest BCUT2D eigenvalue weighted by Crippen LogP contribution is -2.28. The van der Waals surface area contributed by atoms with E-state index < -0.39 is 47.3 Å². The minimum atomic E-state index is -4.83. The number of alkyl halides is 3. The Bertz CT molecular complexity index is 1480. The minimum absolute atomic E-state index is 0.0763. The zero-order valence-electron chi connectivity index (χ0n) is 24.4. The molecule has 3 rings (SSSR count). The molecule has 2 N–H and O–H groups in total. The third kappa shape index (κ3) is 8.79. The molecule has 0 aliphatic heterocycles. The Kier molecular flexibility index (Phi) is 9.98. The molecule has 0 saturated heterocycles. The van der Waals surface area contributed by atoms with Gasteiger partial charge >= 0.3 is 12.3 Å². The molecule has 8 nitrogen and oxygen atoms in total. The van der Waals surface area contributed by atoms with Gasteiger partial charge in [0, 0.05) is 23.0 Å². The Morgan fingerprint density at radius 3 is 2.21 bits per heavy atom. The second-order valence-corrected chi connectivity index (χ2v) is 10.5. The molecule has 3 aromatic rings. The third-order valence-corrected chi connectivity index (χ3v) is 5.84. The maximum absolute atomic E-state index is 13.8. The lowest BCUT2D eigenvalue weighted by atomic mass is 9.99. The summed E-state index contributed by atoms with van der Waals surface area (Å²) in [7, 11) is 0. The number of carbonyl (C=O) groups is 3. The molecule has 1 aromatic heterocycles. The van der Waals surface area contributed by atoms with Crippen molar-refractivity contribution in [2.75, 3.05) is 17.2 Å². The summed E-state index contributed by atoms with van der Waals surface area (Å²) < 4.78 is 51.8. The first-order valence-electron chi connectivity index (χ1n) is 13.4. The molecule has 0 atom stereocenters. The molecule has 0 fully saturated rings. The Morgan fingerprint density at radius 2 is 1.60 bits per heavy atom. The van der Waals surface area contributed by atoms with Gasteiger partial charge in [0.1, 0.15) is 11.4 Å². The minimum Gasteiger partial charge on any atom is -0.493 e. The van der Waals surface area contributed by atoms with Gasteiger partial charge < -0.3 is 14.8 Å². The van der Waals surface area contributed by atoms with Crippen LogP contribution in [0.1, 0.15) is 68.3 Å². The van der Waals surface area contributed by atoms with Crippen LogP contribution in [0.15, 0.2) is 48.5 Å². The average Bonchev–Trinajstić information content (AvgIpc) is 2.88. The summed E-state index contributed by atoms with van der Waals surface area (Å²) in [6.45, 7) is 10.1. The molecule has 2 amide bonds. The van der Waals surface area contributed by atoms with Crippen LogP contribution >= 0.6 is 0 Å². The van der Waals surface area contributed by atoms with Crippen LogP contribution in [-0.2, 0) is 22.1 Å². The number of nitrogens with one attached hydrogen (secondary N) is 2. The second kappa shape index (κ2) is 13.1. The van der Waals surface area contributed by atoms with Crippen LogP contribution in [-0.4, -0.2) is 35.0 Å². The topological polar surface area (TPSA) is 107 Å². The number of aromatic nitrogens is 1. The van der Waals surface area contributed by atoms with E-state index in [1.165, 1.54) is 6.92 Å². The predicted octanol–water partition coefficient (Wildman–Crippen LogP) is 7.60. The number of aryl methyl sites for hydroxylation is 2. The van der Waals surface area contributed by atoms with Crippen LogP contribution < -0.4 is 15.4 Å². The molecule has 0 unspecified atom stereocenters. The van der Waals surface area contributed by atoms with Gasteiger partial charge in [-0.2, -0.15) is 13.2 Å². The van der Waals surface area contributed by atoms with Crippen molar-refractivity contribution in [3.63, 3.8) is 0 Å². The number of amides is 2. The number of ketones is 1. The van der Waals surface area contributed by atoms with Gasteiger partial charge in [-0.1, -0.05) is 25.1 Å². The number of nitrogens with zero attached hydrogens (tertiary/aromatic N) is 1. The highest BCUT2D eigenvalue weighted by Gasteiger charge is 2.36. The number of pyridine rings is 1. The lowest BCUT2D eigenvalue weighted by molar-refractivity contribution is -0.138. The largest absolute Gasteiger partial charge is 0.493 e. The molecule has 224 valence electrons. The van der Waals surface area contributed by atoms with Crippen molar-refractivity contribution >= 4 is 29.2 Å². The average molecular weight is 586 g/mol. The number of rotatable bonds is 9. The first kappa shape index (κ1) is 32.1. The Morgan fingerprint density at radius 1 is 0.905 bits per heavy atom. The summed E-state index contributed by atoms with van der Waals surface area (Å²) in [4.78, 5) is 42.8. The number of Topliss-reactive ketones (excluding diaryl/α,β-unsaturated/α-hetero) is 1. The van der Waals surface area contributed by atoms with Gasteiger partial charge in [-0.15, -0.1) is 0 Å². The molecule has 42 heavy (non-hydrogen) atoms. The number of halogens is 3. The Labute approximate surface area is 242 Å². The highest BCUT2D eigenvalue weighted by atomic mass is 19.4. The fourth-order valence-electron chi connectivity index (χ4n) is 4.10. The highest BCUT2D eigenvalue weighted by Crippen LogP contribution is 2.41. The number of hydrogen-bond donors (Lipinski definition) is 2. The molecule has 0 radical (unpaired) electrons. The van der Waals surface area contributed by atoms with Gasteiger partial charge in [-0.3, -0.25) is 19.9 Å². The zero-order valence-corrected chi connectivity index (χ0v) is 24.4. The third-order valence-electron chi connectivity index (χ3n) is 5.84. The SMILES string of the molecule is CCOc1cc(NC(=O)OC(C)(C)C)c(NC(=O)CC(=O)c2cccc(-c3cc(C)nc(CC)c3)c2)cc1C(F)(F)F. The fraction of sp³-hybridized carbons (Fsp3) is 0.355. The molecule has 0 saturated carbocycles. The van der Waals surface area contributed by atoms with Crippen LogP contribution in [0.2, 0.25) is 0 Å². The van der Waals surface area contributed by atoms with Gasteiger partial charge in [-0.25, -0.2) is 4.79 Å². The molecule has 11 heteroatoms. The summed E-state index contributed by atoms with van der Waals surface area (Å²) in [5, 5.41) is 4.70. The van der Waals surface area contributed by atoms with E-state index >= 15 is 0 Å². The zero-order chi connectivity index (χ0) is 31.2. The van der Waals surface area contributed by atoms with Crippen LogP contribution in [0.25, 0.3) is 11.1 Å². The number of hydrogen-bond acceptors (Lipinski definition) is 6. The molecule has 1 heterocycles. The summed E-state index contributed by atoms with van der Waals surface area (Å²) in [5.74, 6) is -1.96. The van der Waals surface area contributed by atoms with Crippen LogP contribution in [0, 0.1) is 6.92 Å². The second-order valence-electron chi connectivity index (χ2n) is 10.5. The van der Waals surface area contributed by atoms with E-state index in [0.717, 1.165) is 35.0 Å². The molecule has 0 bridgehead atoms. The van der Waals surface area contributed by atoms with Crippen molar-refractivity contribution in [1.82, 2.24) is 4.98 Å². The first-order chi connectivity index (χ1) is 19.6. The monoisotopic (exact) mass is 585 g/mol. The standard InChI is InChI=1S/C31H34F3N3O5/c1-7-22-14-21(12-18(3)35-22)19-10-9-11-20(13-19)26(38)17-28(39)36-24-15-23(31(32,33)34)27(41-8-2)16-25(24)37-29(40)42-30(4,5)6/h9-16H,7-8,17H2,1-6H3,(H,36,39)(H,37,40). The van der Waals surface area contributed by atoms with Crippen molar-refractivity contribution in [2.24, 2.45) is 0 Å². The smallest absolute Gasteiger partial charge is 0.420 e. The Balaban J connectivity index is 1.89. The van der Waals surface area contributed by atoms with Crippen molar-refractivity contribution in [3.8, 4) is 16.9 Å². The quantitative estimate of drug-likeness (QED) is 0.198.